The fraction of sp³-hybridized carbons (Fsp3) is 0. The highest BCUT2D eigenvalue weighted by molar-refractivity contribution is 8.13. The van der Waals surface area contributed by atoms with Crippen LogP contribution in [-0.4, -0.2) is 13.4 Å². The Balaban J connectivity index is 2.12. The van der Waals surface area contributed by atoms with Gasteiger partial charge in [0.2, 0.25) is 5.88 Å². The molecule has 0 radical (unpaired) electrons. The van der Waals surface area contributed by atoms with Gasteiger partial charge in [-0.1, -0.05) is 36.4 Å². The first-order valence-electron chi connectivity index (χ1n) is 6.11. The van der Waals surface area contributed by atoms with Crippen LogP contribution in [0.3, 0.4) is 0 Å². The van der Waals surface area contributed by atoms with E-state index >= 15 is 0 Å². The molecule has 3 rings (SSSR count). The largest absolute Gasteiger partial charge is 0.437 e. The van der Waals surface area contributed by atoms with Gasteiger partial charge in [-0.05, 0) is 23.6 Å². The van der Waals surface area contributed by atoms with Crippen LogP contribution in [0.5, 0.6) is 11.6 Å². The number of rotatable bonds is 3. The molecule has 21 heavy (non-hydrogen) atoms. The molecule has 0 unspecified atom stereocenters. The lowest BCUT2D eigenvalue weighted by Gasteiger charge is -2.10. The molecule has 2 aromatic carbocycles. The van der Waals surface area contributed by atoms with E-state index in [2.05, 4.69) is 4.98 Å². The van der Waals surface area contributed by atoms with Gasteiger partial charge >= 0.3 is 0 Å². The van der Waals surface area contributed by atoms with E-state index in [0.717, 1.165) is 10.8 Å². The highest BCUT2D eigenvalue weighted by Crippen LogP contribution is 2.32. The molecule has 0 spiro atoms. The first-order chi connectivity index (χ1) is 10.1. The van der Waals surface area contributed by atoms with Crippen LogP contribution in [0.15, 0.2) is 65.7 Å². The summed E-state index contributed by atoms with van der Waals surface area (Å²) < 4.78 is 28.8. The third-order valence-corrected chi connectivity index (χ3v) is 4.29. The monoisotopic (exact) mass is 319 g/mol. The highest BCUT2D eigenvalue weighted by atomic mass is 35.7. The van der Waals surface area contributed by atoms with Crippen LogP contribution in [0, 0.1) is 0 Å². The van der Waals surface area contributed by atoms with Crippen LogP contribution in [-0.2, 0) is 9.05 Å². The van der Waals surface area contributed by atoms with Crippen LogP contribution < -0.4 is 4.74 Å². The molecule has 0 saturated heterocycles. The van der Waals surface area contributed by atoms with Crippen molar-refractivity contribution in [3.63, 3.8) is 0 Å². The SMILES string of the molecule is O=S(=O)(Cl)c1cccnc1Oc1cccc2ccccc12. The normalized spacial score (nSPS) is 11.5. The van der Waals surface area contributed by atoms with Crippen molar-refractivity contribution in [2.24, 2.45) is 0 Å². The van der Waals surface area contributed by atoms with Crippen LogP contribution in [0.25, 0.3) is 10.8 Å². The minimum absolute atomic E-state index is 0.0381. The molecular formula is C15H10ClNO3S. The average molecular weight is 320 g/mol. The van der Waals surface area contributed by atoms with Crippen LogP contribution in [0.2, 0.25) is 0 Å². The summed E-state index contributed by atoms with van der Waals surface area (Å²) in [5, 5.41) is 1.85. The molecule has 0 fully saturated rings. The second kappa shape index (κ2) is 5.35. The Hall–Kier alpha value is -2.11. The van der Waals surface area contributed by atoms with Crippen molar-refractivity contribution in [1.29, 1.82) is 0 Å². The Morgan fingerprint density at radius 1 is 0.952 bits per heavy atom. The zero-order valence-electron chi connectivity index (χ0n) is 10.7. The minimum atomic E-state index is -3.92. The molecule has 0 aliphatic heterocycles. The van der Waals surface area contributed by atoms with Crippen molar-refractivity contribution in [3.05, 3.63) is 60.8 Å². The predicted octanol–water partition coefficient (Wildman–Crippen LogP) is 3.95. The zero-order valence-corrected chi connectivity index (χ0v) is 12.3. The number of benzene rings is 2. The highest BCUT2D eigenvalue weighted by Gasteiger charge is 2.18. The molecule has 6 heteroatoms. The van der Waals surface area contributed by atoms with Gasteiger partial charge < -0.3 is 4.74 Å². The molecule has 4 nitrogen and oxygen atoms in total. The smallest absolute Gasteiger partial charge is 0.266 e. The third kappa shape index (κ3) is 2.84. The fourth-order valence-electron chi connectivity index (χ4n) is 2.03. The Labute approximate surface area is 126 Å². The van der Waals surface area contributed by atoms with Gasteiger partial charge in [-0.2, -0.15) is 0 Å². The lowest BCUT2D eigenvalue weighted by molar-refractivity contribution is 0.453. The van der Waals surface area contributed by atoms with E-state index in [0.29, 0.717) is 5.75 Å². The molecule has 1 aromatic heterocycles. The van der Waals surface area contributed by atoms with Gasteiger partial charge in [0.25, 0.3) is 9.05 Å². The van der Waals surface area contributed by atoms with Crippen molar-refractivity contribution in [2.75, 3.05) is 0 Å². The summed E-state index contributed by atoms with van der Waals surface area (Å²) in [5.41, 5.74) is 0. The standard InChI is InChI=1S/C15H10ClNO3S/c16-21(18,19)14-9-4-10-17-15(14)20-13-8-3-6-11-5-1-2-7-12(11)13/h1-10H. The summed E-state index contributed by atoms with van der Waals surface area (Å²) in [7, 11) is 1.48. The fourth-order valence-corrected chi connectivity index (χ4v) is 2.92. The van der Waals surface area contributed by atoms with E-state index in [4.69, 9.17) is 15.4 Å². The summed E-state index contributed by atoms with van der Waals surface area (Å²) in [6.45, 7) is 0. The van der Waals surface area contributed by atoms with Gasteiger partial charge in [-0.25, -0.2) is 13.4 Å². The first kappa shape index (κ1) is 13.9. The third-order valence-electron chi connectivity index (χ3n) is 2.96. The number of ether oxygens (including phenoxy) is 1. The molecule has 1 heterocycles. The molecule has 3 aromatic rings. The van der Waals surface area contributed by atoms with Gasteiger partial charge in [0.1, 0.15) is 10.6 Å². The quantitative estimate of drug-likeness (QED) is 0.686. The van der Waals surface area contributed by atoms with E-state index in [1.807, 2.05) is 36.4 Å². The minimum Gasteiger partial charge on any atom is -0.437 e. The van der Waals surface area contributed by atoms with Gasteiger partial charge in [-0.15, -0.1) is 0 Å². The molecule has 0 N–H and O–H groups in total. The number of aromatic nitrogens is 1. The second-order valence-corrected chi connectivity index (χ2v) is 6.86. The molecule has 0 atom stereocenters. The molecule has 0 bridgehead atoms. The average Bonchev–Trinajstić information content (AvgIpc) is 2.47. The Morgan fingerprint density at radius 2 is 1.71 bits per heavy atom. The predicted molar refractivity (Wildman–Crippen MR) is 81.3 cm³/mol. The summed E-state index contributed by atoms with van der Waals surface area (Å²) >= 11 is 0. The molecular weight excluding hydrogens is 310 g/mol. The van der Waals surface area contributed by atoms with Crippen LogP contribution in [0.4, 0.5) is 0 Å². The van der Waals surface area contributed by atoms with Crippen molar-refractivity contribution in [3.8, 4) is 11.6 Å². The van der Waals surface area contributed by atoms with E-state index in [1.54, 1.807) is 6.07 Å². The van der Waals surface area contributed by atoms with E-state index in [-0.39, 0.29) is 10.8 Å². The molecule has 0 amide bonds. The van der Waals surface area contributed by atoms with Crippen molar-refractivity contribution >= 4 is 30.5 Å². The molecule has 106 valence electrons. The van der Waals surface area contributed by atoms with E-state index in [9.17, 15) is 8.42 Å². The van der Waals surface area contributed by atoms with Crippen LogP contribution in [0.1, 0.15) is 0 Å². The number of pyridine rings is 1. The van der Waals surface area contributed by atoms with Crippen molar-refractivity contribution in [2.45, 2.75) is 4.90 Å². The maximum absolute atomic E-state index is 11.6. The number of nitrogens with zero attached hydrogens (tertiary/aromatic N) is 1. The second-order valence-electron chi connectivity index (χ2n) is 4.32. The maximum Gasteiger partial charge on any atom is 0.266 e. The van der Waals surface area contributed by atoms with Gasteiger partial charge in [0.15, 0.2) is 0 Å². The summed E-state index contributed by atoms with van der Waals surface area (Å²) in [4.78, 5) is 3.81. The van der Waals surface area contributed by atoms with Crippen molar-refractivity contribution in [1.82, 2.24) is 4.98 Å². The lowest BCUT2D eigenvalue weighted by atomic mass is 10.1. The maximum atomic E-state index is 11.6. The topological polar surface area (TPSA) is 56.3 Å². The van der Waals surface area contributed by atoms with Crippen LogP contribution >= 0.6 is 10.7 Å². The Bertz CT molecular complexity index is 904. The van der Waals surface area contributed by atoms with E-state index < -0.39 is 9.05 Å². The summed E-state index contributed by atoms with van der Waals surface area (Å²) in [6, 6.07) is 16.0. The van der Waals surface area contributed by atoms with E-state index in [1.165, 1.54) is 18.3 Å². The summed E-state index contributed by atoms with van der Waals surface area (Å²) in [6.07, 6.45) is 1.45. The zero-order chi connectivity index (χ0) is 14.9. The summed E-state index contributed by atoms with van der Waals surface area (Å²) in [5.74, 6) is 0.484. The number of hydrogen-bond donors (Lipinski definition) is 0. The lowest BCUT2D eigenvalue weighted by Crippen LogP contribution is -1.98. The Kier molecular flexibility index (Phi) is 3.53. The molecule has 0 aliphatic rings. The molecule has 0 saturated carbocycles. The Morgan fingerprint density at radius 3 is 2.52 bits per heavy atom. The van der Waals surface area contributed by atoms with Gasteiger partial charge in [0.05, 0.1) is 0 Å². The number of fused-ring (bicyclic) bond motifs is 1. The number of halogens is 1. The first-order valence-corrected chi connectivity index (χ1v) is 8.42. The van der Waals surface area contributed by atoms with Crippen molar-refractivity contribution < 1.29 is 13.2 Å². The van der Waals surface area contributed by atoms with Gasteiger partial charge in [0, 0.05) is 22.3 Å². The number of hydrogen-bond acceptors (Lipinski definition) is 4. The van der Waals surface area contributed by atoms with Gasteiger partial charge in [-0.3, -0.25) is 0 Å². The molecule has 0 aliphatic carbocycles.